The smallest absolute Gasteiger partial charge is 0.429 e. The number of carboxylic acids is 1. The maximum absolute atomic E-state index is 14.7. The van der Waals surface area contributed by atoms with Crippen LogP contribution in [0.4, 0.5) is 24.9 Å². The number of halogens is 3. The van der Waals surface area contributed by atoms with Gasteiger partial charge in [-0.1, -0.05) is 12.1 Å². The molecule has 2 fully saturated rings. The van der Waals surface area contributed by atoms with Crippen molar-refractivity contribution in [2.24, 2.45) is 5.41 Å². The molecule has 2 saturated heterocycles. The van der Waals surface area contributed by atoms with Crippen LogP contribution in [0.25, 0.3) is 16.8 Å². The first-order chi connectivity index (χ1) is 21.0. The summed E-state index contributed by atoms with van der Waals surface area (Å²) in [6.45, 7) is 3.39. The number of alkyl halides is 3. The zero-order valence-electron chi connectivity index (χ0n) is 23.7. The maximum Gasteiger partial charge on any atom is 0.429 e. The molecule has 4 N–H and O–H groups in total. The summed E-state index contributed by atoms with van der Waals surface area (Å²) in [6, 6.07) is 6.94. The number of rotatable bonds is 7. The van der Waals surface area contributed by atoms with E-state index >= 15 is 0 Å². The number of hydrogen-bond donors (Lipinski definition) is 3. The van der Waals surface area contributed by atoms with Crippen LogP contribution in [0.5, 0.6) is 5.88 Å². The van der Waals surface area contributed by atoms with Crippen molar-refractivity contribution < 1.29 is 27.8 Å². The average molecular weight is 610 g/mol. The number of carboxylic acid groups (broad SMARTS) is 1. The van der Waals surface area contributed by atoms with Gasteiger partial charge in [-0.15, -0.1) is 0 Å². The number of carbonyl (C=O) groups is 1. The predicted octanol–water partition coefficient (Wildman–Crippen LogP) is 3.73. The van der Waals surface area contributed by atoms with E-state index in [-0.39, 0.29) is 28.5 Å². The molecule has 2 aliphatic rings. The van der Waals surface area contributed by atoms with E-state index in [0.717, 1.165) is 0 Å². The van der Waals surface area contributed by atoms with Gasteiger partial charge in [0.15, 0.2) is 0 Å². The van der Waals surface area contributed by atoms with E-state index in [4.69, 9.17) is 10.5 Å². The Balaban J connectivity index is 1.30. The van der Waals surface area contributed by atoms with E-state index in [1.165, 1.54) is 23.1 Å². The van der Waals surface area contributed by atoms with E-state index < -0.39 is 24.3 Å². The number of nitrogens with zero attached hydrogens (tertiary/aromatic N) is 7. The molecular formula is C29H30F3N9O3. The third-order valence-electron chi connectivity index (χ3n) is 8.23. The van der Waals surface area contributed by atoms with E-state index in [1.807, 2.05) is 4.90 Å². The van der Waals surface area contributed by atoms with E-state index in [9.17, 15) is 23.1 Å². The highest BCUT2D eigenvalue weighted by Gasteiger charge is 2.46. The lowest BCUT2D eigenvalue weighted by atomic mass is 9.76. The lowest BCUT2D eigenvalue weighted by Gasteiger charge is -2.39. The molecule has 0 unspecified atom stereocenters. The molecule has 44 heavy (non-hydrogen) atoms. The highest BCUT2D eigenvalue weighted by atomic mass is 19.4. The zero-order valence-corrected chi connectivity index (χ0v) is 23.7. The predicted molar refractivity (Wildman–Crippen MR) is 153 cm³/mol. The Labute approximate surface area is 250 Å². The first kappa shape index (κ1) is 29.3. The van der Waals surface area contributed by atoms with Crippen LogP contribution in [-0.4, -0.2) is 72.6 Å². The minimum Gasteiger partial charge on any atom is -0.480 e. The Morgan fingerprint density at radius 2 is 1.89 bits per heavy atom. The number of ether oxygens (including phenoxy) is 1. The average Bonchev–Trinajstić information content (AvgIpc) is 3.62. The van der Waals surface area contributed by atoms with Crippen molar-refractivity contribution >= 4 is 17.7 Å². The number of aryl methyl sites for hydroxylation is 1. The summed E-state index contributed by atoms with van der Waals surface area (Å²) in [4.78, 5) is 29.6. The molecule has 3 aromatic heterocycles. The zero-order chi connectivity index (χ0) is 31.1. The fourth-order valence-electron chi connectivity index (χ4n) is 5.90. The quantitative estimate of drug-likeness (QED) is 0.281. The molecule has 230 valence electrons. The van der Waals surface area contributed by atoms with Gasteiger partial charge in [-0.05, 0) is 49.3 Å². The highest BCUT2D eigenvalue weighted by molar-refractivity contribution is 5.74. The lowest BCUT2D eigenvalue weighted by Crippen LogP contribution is -2.41. The van der Waals surface area contributed by atoms with Crippen LogP contribution in [0, 0.1) is 12.3 Å². The van der Waals surface area contributed by atoms with Gasteiger partial charge in [0.05, 0.1) is 11.4 Å². The van der Waals surface area contributed by atoms with Gasteiger partial charge in [-0.25, -0.2) is 14.6 Å². The van der Waals surface area contributed by atoms with Crippen LogP contribution >= 0.6 is 0 Å². The van der Waals surface area contributed by atoms with Gasteiger partial charge in [-0.3, -0.25) is 4.79 Å². The molecule has 0 bridgehead atoms. The Morgan fingerprint density at radius 3 is 2.52 bits per heavy atom. The number of nitrogen functional groups attached to an aromatic ring is 1. The SMILES string of the molecule is Cc1ccn(-c2cc(-c3cncnc3)ccc2[C@@H](Oc2cc(N3CCC4(CC3)CN[C@H](C(=O)O)C4)nc(N)n2)C(F)(F)F)n1. The Hall–Kier alpha value is -4.79. The summed E-state index contributed by atoms with van der Waals surface area (Å²) in [5.41, 5.74) is 7.63. The lowest BCUT2D eigenvalue weighted by molar-refractivity contribution is -0.198. The normalized spacial score (nSPS) is 18.8. The minimum atomic E-state index is -4.83. The molecule has 2 aliphatic heterocycles. The molecule has 0 radical (unpaired) electrons. The monoisotopic (exact) mass is 609 g/mol. The number of aromatic nitrogens is 6. The minimum absolute atomic E-state index is 0.155. The van der Waals surface area contributed by atoms with E-state index in [1.54, 1.807) is 43.7 Å². The second-order valence-corrected chi connectivity index (χ2v) is 11.2. The summed E-state index contributed by atoms with van der Waals surface area (Å²) in [6.07, 6.45) is 0.759. The number of hydrogen-bond acceptors (Lipinski definition) is 10. The Bertz CT molecular complexity index is 1660. The Kier molecular flexibility index (Phi) is 7.57. The number of benzene rings is 1. The summed E-state index contributed by atoms with van der Waals surface area (Å²) in [7, 11) is 0. The standard InChI is InChI=1S/C29H30F3N9O3/c1-17-4-7-41(39-17)22-10-18(19-13-34-16-35-14-19)2-3-20(22)25(29(30,31)32)44-24-11-23(37-27(33)38-24)40-8-5-28(6-9-40)12-21(26(42)43)36-15-28/h2-4,7,10-11,13-14,16,21,25,36H,5-6,8-9,12,15H2,1H3,(H,42,43)(H2,33,37,38)/t21-,25+/m0/s1. The van der Waals surface area contributed by atoms with Crippen molar-refractivity contribution in [3.63, 3.8) is 0 Å². The van der Waals surface area contributed by atoms with Gasteiger partial charge in [-0.2, -0.15) is 28.2 Å². The van der Waals surface area contributed by atoms with Crippen molar-refractivity contribution in [2.75, 3.05) is 30.3 Å². The van der Waals surface area contributed by atoms with Crippen molar-refractivity contribution in [1.82, 2.24) is 35.0 Å². The second-order valence-electron chi connectivity index (χ2n) is 11.2. The second kappa shape index (κ2) is 11.4. The molecule has 5 heterocycles. The molecule has 1 spiro atoms. The van der Waals surface area contributed by atoms with Crippen molar-refractivity contribution in [1.29, 1.82) is 0 Å². The Morgan fingerprint density at radius 1 is 1.14 bits per heavy atom. The van der Waals surface area contributed by atoms with Crippen LogP contribution in [0.3, 0.4) is 0 Å². The van der Waals surface area contributed by atoms with Gasteiger partial charge >= 0.3 is 12.1 Å². The first-order valence-electron chi connectivity index (χ1n) is 14.0. The van der Waals surface area contributed by atoms with E-state index in [2.05, 4.69) is 30.4 Å². The molecule has 15 heteroatoms. The summed E-state index contributed by atoms with van der Waals surface area (Å²) in [5, 5.41) is 16.8. The molecule has 12 nitrogen and oxygen atoms in total. The molecule has 6 rings (SSSR count). The fraction of sp³-hybridized carbons (Fsp3) is 0.379. The number of nitrogens with two attached hydrogens (primary N) is 1. The van der Waals surface area contributed by atoms with Crippen LogP contribution in [0.2, 0.25) is 0 Å². The third kappa shape index (κ3) is 6.00. The van der Waals surface area contributed by atoms with Gasteiger partial charge in [0.2, 0.25) is 17.9 Å². The van der Waals surface area contributed by atoms with Crippen molar-refractivity contribution in [2.45, 2.75) is 44.5 Å². The topological polar surface area (TPSA) is 157 Å². The summed E-state index contributed by atoms with van der Waals surface area (Å²) in [5.74, 6) is -1.09. The van der Waals surface area contributed by atoms with Gasteiger partial charge < -0.3 is 25.8 Å². The summed E-state index contributed by atoms with van der Waals surface area (Å²) < 4.78 is 51.1. The molecule has 2 atom stereocenters. The molecule has 1 aromatic carbocycles. The molecule has 0 amide bonds. The van der Waals surface area contributed by atoms with Gasteiger partial charge in [0.1, 0.15) is 18.2 Å². The fourth-order valence-corrected chi connectivity index (χ4v) is 5.90. The van der Waals surface area contributed by atoms with Gasteiger partial charge in [0.25, 0.3) is 0 Å². The number of anilines is 2. The molecule has 0 saturated carbocycles. The van der Waals surface area contributed by atoms with E-state index in [0.29, 0.717) is 61.5 Å². The number of nitrogens with one attached hydrogen (secondary N) is 1. The van der Waals surface area contributed by atoms with Crippen LogP contribution < -0.4 is 20.7 Å². The first-order valence-corrected chi connectivity index (χ1v) is 14.0. The van der Waals surface area contributed by atoms with Crippen LogP contribution in [0.1, 0.15) is 36.6 Å². The molecular weight excluding hydrogens is 579 g/mol. The third-order valence-corrected chi connectivity index (χ3v) is 8.23. The molecule has 0 aliphatic carbocycles. The van der Waals surface area contributed by atoms with Crippen molar-refractivity contribution in [3.8, 4) is 22.7 Å². The highest BCUT2D eigenvalue weighted by Crippen LogP contribution is 2.42. The maximum atomic E-state index is 14.7. The van der Waals surface area contributed by atoms with Crippen molar-refractivity contribution in [3.05, 3.63) is 66.5 Å². The van der Waals surface area contributed by atoms with Crippen LogP contribution in [-0.2, 0) is 4.79 Å². The number of piperidine rings is 1. The largest absolute Gasteiger partial charge is 0.480 e. The van der Waals surface area contributed by atoms with Crippen LogP contribution in [0.15, 0.2) is 55.2 Å². The molecule has 4 aromatic rings. The summed E-state index contributed by atoms with van der Waals surface area (Å²) >= 11 is 0. The number of aliphatic carboxylic acids is 1. The van der Waals surface area contributed by atoms with Gasteiger partial charge in [0, 0.05) is 55.4 Å².